The SMILES string of the molecule is CN=C(NCCC(=O)Nc1ccc(Br)cc1)NC(C)(C)C.I. The molecule has 1 aromatic carbocycles. The predicted octanol–water partition coefficient (Wildman–Crippen LogP) is 3.36. The Hall–Kier alpha value is -0.830. The number of hydrogen-bond acceptors (Lipinski definition) is 2. The zero-order chi connectivity index (χ0) is 15.9. The summed E-state index contributed by atoms with van der Waals surface area (Å²) in [5.74, 6) is 0.662. The van der Waals surface area contributed by atoms with Crippen LogP contribution in [0, 0.1) is 0 Å². The van der Waals surface area contributed by atoms with E-state index in [4.69, 9.17) is 0 Å². The van der Waals surface area contributed by atoms with E-state index in [1.165, 1.54) is 0 Å². The van der Waals surface area contributed by atoms with Crippen molar-refractivity contribution in [1.82, 2.24) is 10.6 Å². The standard InChI is InChI=1S/C15H23BrN4O.HI/c1-15(2,3)20-14(17-4)18-10-9-13(21)19-12-7-5-11(16)6-8-12;/h5-8H,9-10H2,1-4H3,(H,19,21)(H2,17,18,20);1H. The minimum atomic E-state index is -0.0679. The van der Waals surface area contributed by atoms with E-state index < -0.39 is 0 Å². The molecule has 0 aromatic heterocycles. The Morgan fingerprint density at radius 2 is 1.82 bits per heavy atom. The molecule has 0 unspecified atom stereocenters. The fourth-order valence-electron chi connectivity index (χ4n) is 1.59. The zero-order valence-electron chi connectivity index (χ0n) is 13.4. The van der Waals surface area contributed by atoms with Crippen molar-refractivity contribution in [3.63, 3.8) is 0 Å². The summed E-state index contributed by atoms with van der Waals surface area (Å²) in [5.41, 5.74) is 0.724. The summed E-state index contributed by atoms with van der Waals surface area (Å²) in [7, 11) is 1.71. The van der Waals surface area contributed by atoms with Gasteiger partial charge in [-0.2, -0.15) is 0 Å². The summed E-state index contributed by atoms with van der Waals surface area (Å²) < 4.78 is 0.985. The highest BCUT2D eigenvalue weighted by Gasteiger charge is 2.11. The minimum Gasteiger partial charge on any atom is -0.356 e. The molecule has 5 nitrogen and oxygen atoms in total. The molecule has 0 radical (unpaired) electrons. The minimum absolute atomic E-state index is 0. The monoisotopic (exact) mass is 482 g/mol. The molecule has 0 aliphatic rings. The van der Waals surface area contributed by atoms with E-state index in [9.17, 15) is 4.79 Å². The summed E-state index contributed by atoms with van der Waals surface area (Å²) >= 11 is 3.36. The highest BCUT2D eigenvalue weighted by Crippen LogP contribution is 2.14. The summed E-state index contributed by atoms with van der Waals surface area (Å²) in [6.45, 7) is 6.69. The van der Waals surface area contributed by atoms with Gasteiger partial charge in [0.1, 0.15) is 0 Å². The zero-order valence-corrected chi connectivity index (χ0v) is 17.3. The van der Waals surface area contributed by atoms with Crippen LogP contribution in [0.5, 0.6) is 0 Å². The molecule has 0 fully saturated rings. The van der Waals surface area contributed by atoms with E-state index in [1.54, 1.807) is 7.05 Å². The van der Waals surface area contributed by atoms with Crippen LogP contribution < -0.4 is 16.0 Å². The van der Waals surface area contributed by atoms with Crippen LogP contribution in [0.4, 0.5) is 5.69 Å². The van der Waals surface area contributed by atoms with Gasteiger partial charge >= 0.3 is 0 Å². The lowest BCUT2D eigenvalue weighted by molar-refractivity contribution is -0.116. The van der Waals surface area contributed by atoms with Crippen molar-refractivity contribution < 1.29 is 4.79 Å². The van der Waals surface area contributed by atoms with E-state index in [-0.39, 0.29) is 35.4 Å². The first-order valence-corrected chi connectivity index (χ1v) is 7.64. The second kappa shape index (κ2) is 10.0. The lowest BCUT2D eigenvalue weighted by Crippen LogP contribution is -2.48. The molecule has 22 heavy (non-hydrogen) atoms. The molecule has 1 aromatic rings. The van der Waals surface area contributed by atoms with Gasteiger partial charge < -0.3 is 16.0 Å². The number of hydrogen-bond donors (Lipinski definition) is 3. The third kappa shape index (κ3) is 9.24. The molecule has 1 rings (SSSR count). The maximum Gasteiger partial charge on any atom is 0.226 e. The number of aliphatic imine (C=N–C) groups is 1. The van der Waals surface area contributed by atoms with Crippen molar-refractivity contribution in [2.75, 3.05) is 18.9 Å². The maximum atomic E-state index is 11.8. The van der Waals surface area contributed by atoms with E-state index in [0.29, 0.717) is 18.9 Å². The Bertz CT molecular complexity index is 497. The fraction of sp³-hybridized carbons (Fsp3) is 0.467. The average Bonchev–Trinajstić information content (AvgIpc) is 2.39. The van der Waals surface area contributed by atoms with Gasteiger partial charge in [0, 0.05) is 35.7 Å². The lowest BCUT2D eigenvalue weighted by atomic mass is 10.1. The number of carbonyl (C=O) groups excluding carboxylic acids is 1. The highest BCUT2D eigenvalue weighted by atomic mass is 127. The third-order valence-corrected chi connectivity index (χ3v) is 3.02. The van der Waals surface area contributed by atoms with Crippen LogP contribution in [-0.4, -0.2) is 31.0 Å². The Balaban J connectivity index is 0.00000441. The Kier molecular flexibility index (Phi) is 9.66. The number of guanidine groups is 1. The molecule has 0 saturated heterocycles. The van der Waals surface area contributed by atoms with Crippen LogP contribution >= 0.6 is 39.9 Å². The normalized spacial score (nSPS) is 11.4. The van der Waals surface area contributed by atoms with Crippen molar-refractivity contribution in [3.05, 3.63) is 28.7 Å². The third-order valence-electron chi connectivity index (χ3n) is 2.49. The molecule has 1 amide bonds. The molecule has 0 bridgehead atoms. The van der Waals surface area contributed by atoms with Gasteiger partial charge in [0.2, 0.25) is 5.91 Å². The number of benzene rings is 1. The summed E-state index contributed by atoms with van der Waals surface area (Å²) in [6, 6.07) is 7.50. The molecule has 0 heterocycles. The van der Waals surface area contributed by atoms with Gasteiger partial charge in [-0.15, -0.1) is 24.0 Å². The predicted molar refractivity (Wildman–Crippen MR) is 107 cm³/mol. The number of rotatable bonds is 4. The largest absolute Gasteiger partial charge is 0.356 e. The average molecular weight is 483 g/mol. The van der Waals surface area contributed by atoms with E-state index >= 15 is 0 Å². The number of nitrogens with zero attached hydrogens (tertiary/aromatic N) is 1. The molecule has 0 saturated carbocycles. The van der Waals surface area contributed by atoms with Gasteiger partial charge in [0.05, 0.1) is 0 Å². The van der Waals surface area contributed by atoms with Crippen molar-refractivity contribution >= 4 is 57.5 Å². The molecule has 0 atom stereocenters. The molecule has 0 aliphatic carbocycles. The number of nitrogens with one attached hydrogen (secondary N) is 3. The van der Waals surface area contributed by atoms with E-state index in [2.05, 4.69) is 57.6 Å². The number of halogens is 2. The molecule has 0 spiro atoms. The first-order chi connectivity index (χ1) is 9.80. The van der Waals surface area contributed by atoms with Crippen molar-refractivity contribution in [1.29, 1.82) is 0 Å². The summed E-state index contributed by atoms with van der Waals surface area (Å²) in [6.07, 6.45) is 0.376. The summed E-state index contributed by atoms with van der Waals surface area (Å²) in [5, 5.41) is 9.21. The highest BCUT2D eigenvalue weighted by molar-refractivity contribution is 14.0. The van der Waals surface area contributed by atoms with Gasteiger partial charge in [-0.1, -0.05) is 15.9 Å². The van der Waals surface area contributed by atoms with Gasteiger partial charge in [0.15, 0.2) is 5.96 Å². The lowest BCUT2D eigenvalue weighted by Gasteiger charge is -2.23. The van der Waals surface area contributed by atoms with E-state index in [0.717, 1.165) is 10.2 Å². The van der Waals surface area contributed by atoms with Crippen molar-refractivity contribution in [2.24, 2.45) is 4.99 Å². The molecular formula is C15H24BrIN4O. The van der Waals surface area contributed by atoms with Crippen LogP contribution in [0.3, 0.4) is 0 Å². The summed E-state index contributed by atoms with van der Waals surface area (Å²) in [4.78, 5) is 16.0. The first kappa shape index (κ1) is 21.2. The van der Waals surface area contributed by atoms with Crippen LogP contribution in [-0.2, 0) is 4.79 Å². The number of anilines is 1. The van der Waals surface area contributed by atoms with Gasteiger partial charge in [-0.3, -0.25) is 9.79 Å². The van der Waals surface area contributed by atoms with Gasteiger partial charge in [-0.05, 0) is 45.0 Å². The maximum absolute atomic E-state index is 11.8. The molecule has 0 aliphatic heterocycles. The van der Waals surface area contributed by atoms with Crippen molar-refractivity contribution in [3.8, 4) is 0 Å². The molecule has 124 valence electrons. The Morgan fingerprint density at radius 1 is 1.23 bits per heavy atom. The number of carbonyl (C=O) groups is 1. The van der Waals surface area contributed by atoms with Crippen LogP contribution in [0.2, 0.25) is 0 Å². The first-order valence-electron chi connectivity index (χ1n) is 6.84. The topological polar surface area (TPSA) is 65.5 Å². The van der Waals surface area contributed by atoms with Crippen LogP contribution in [0.15, 0.2) is 33.7 Å². The number of amides is 1. The van der Waals surface area contributed by atoms with Gasteiger partial charge in [0.25, 0.3) is 0 Å². The second-order valence-corrected chi connectivity index (χ2v) is 6.59. The van der Waals surface area contributed by atoms with Crippen LogP contribution in [0.25, 0.3) is 0 Å². The van der Waals surface area contributed by atoms with Crippen LogP contribution in [0.1, 0.15) is 27.2 Å². The molecule has 3 N–H and O–H groups in total. The quantitative estimate of drug-likeness (QED) is 0.350. The fourth-order valence-corrected chi connectivity index (χ4v) is 1.85. The van der Waals surface area contributed by atoms with E-state index in [1.807, 2.05) is 24.3 Å². The molecule has 7 heteroatoms. The Labute approximate surface area is 157 Å². The Morgan fingerprint density at radius 3 is 2.32 bits per heavy atom. The van der Waals surface area contributed by atoms with Gasteiger partial charge in [-0.25, -0.2) is 0 Å². The second-order valence-electron chi connectivity index (χ2n) is 5.68. The van der Waals surface area contributed by atoms with Crippen molar-refractivity contribution in [2.45, 2.75) is 32.7 Å². The smallest absolute Gasteiger partial charge is 0.226 e. The molecular weight excluding hydrogens is 459 g/mol.